The van der Waals surface area contributed by atoms with Crippen molar-refractivity contribution in [3.8, 4) is 0 Å². The summed E-state index contributed by atoms with van der Waals surface area (Å²) in [6.45, 7) is 2.62. The topological polar surface area (TPSA) is 63.6 Å². The minimum atomic E-state index is -0.0687. The molecule has 0 bridgehead atoms. The molecule has 0 amide bonds. The van der Waals surface area contributed by atoms with Gasteiger partial charge in [0.05, 0.1) is 5.69 Å². The van der Waals surface area contributed by atoms with E-state index in [9.17, 15) is 4.79 Å². The molecule has 5 nitrogen and oxygen atoms in total. The van der Waals surface area contributed by atoms with Crippen LogP contribution >= 0.6 is 0 Å². The maximum absolute atomic E-state index is 11.5. The number of H-pyrrole nitrogens is 1. The van der Waals surface area contributed by atoms with Gasteiger partial charge in [-0.2, -0.15) is 0 Å². The second-order valence-corrected chi connectivity index (χ2v) is 3.60. The van der Waals surface area contributed by atoms with E-state index in [4.69, 9.17) is 0 Å². The van der Waals surface area contributed by atoms with Gasteiger partial charge < -0.3 is 0 Å². The van der Waals surface area contributed by atoms with Crippen LogP contribution in [0.25, 0.3) is 11.2 Å². The molecule has 1 N–H and O–H groups in total. The second kappa shape index (κ2) is 2.43. The standard InChI is InChI=1S/C9H10N4O/c1-5-10-6-3-2-4-13-7(6)8(11-5)12-9(13)14/h2-4H2,1H3,(H,10,11,12,14). The Labute approximate surface area is 79.8 Å². The zero-order valence-electron chi connectivity index (χ0n) is 7.87. The summed E-state index contributed by atoms with van der Waals surface area (Å²) in [5.41, 5.74) is 2.50. The van der Waals surface area contributed by atoms with Gasteiger partial charge >= 0.3 is 5.69 Å². The van der Waals surface area contributed by atoms with Crippen LogP contribution in [0.2, 0.25) is 0 Å². The molecule has 0 radical (unpaired) electrons. The molecule has 0 spiro atoms. The summed E-state index contributed by atoms with van der Waals surface area (Å²) in [4.78, 5) is 22.8. The van der Waals surface area contributed by atoms with Gasteiger partial charge in [-0.05, 0) is 19.8 Å². The maximum atomic E-state index is 11.5. The lowest BCUT2D eigenvalue weighted by atomic mass is 10.1. The third-order valence-corrected chi connectivity index (χ3v) is 2.60. The van der Waals surface area contributed by atoms with Gasteiger partial charge in [0, 0.05) is 6.54 Å². The lowest BCUT2D eigenvalue weighted by Gasteiger charge is -2.12. The number of aromatic amines is 1. The zero-order valence-corrected chi connectivity index (χ0v) is 7.87. The molecule has 0 saturated heterocycles. The summed E-state index contributed by atoms with van der Waals surface area (Å²) in [5, 5.41) is 0. The maximum Gasteiger partial charge on any atom is 0.327 e. The number of rotatable bonds is 0. The third-order valence-electron chi connectivity index (χ3n) is 2.60. The van der Waals surface area contributed by atoms with E-state index in [1.54, 1.807) is 4.57 Å². The Morgan fingerprint density at radius 3 is 3.14 bits per heavy atom. The van der Waals surface area contributed by atoms with Gasteiger partial charge in [-0.15, -0.1) is 0 Å². The normalized spacial score (nSPS) is 14.9. The molecule has 0 fully saturated rings. The van der Waals surface area contributed by atoms with Crippen molar-refractivity contribution in [3.63, 3.8) is 0 Å². The van der Waals surface area contributed by atoms with Crippen molar-refractivity contribution in [1.29, 1.82) is 0 Å². The number of nitrogens with one attached hydrogen (secondary N) is 1. The Morgan fingerprint density at radius 1 is 1.43 bits per heavy atom. The first-order valence-corrected chi connectivity index (χ1v) is 4.72. The molecular formula is C9H10N4O. The highest BCUT2D eigenvalue weighted by Gasteiger charge is 2.17. The molecule has 3 rings (SSSR count). The van der Waals surface area contributed by atoms with Gasteiger partial charge in [-0.3, -0.25) is 9.55 Å². The fourth-order valence-electron chi connectivity index (χ4n) is 2.06. The summed E-state index contributed by atoms with van der Waals surface area (Å²) >= 11 is 0. The van der Waals surface area contributed by atoms with E-state index in [1.165, 1.54) is 0 Å². The van der Waals surface area contributed by atoms with E-state index >= 15 is 0 Å². The average molecular weight is 190 g/mol. The first-order chi connectivity index (χ1) is 6.75. The van der Waals surface area contributed by atoms with Crippen LogP contribution in [0.1, 0.15) is 17.9 Å². The van der Waals surface area contributed by atoms with E-state index in [0.717, 1.165) is 36.4 Å². The highest BCUT2D eigenvalue weighted by atomic mass is 16.1. The Kier molecular flexibility index (Phi) is 1.34. The molecule has 0 atom stereocenters. The van der Waals surface area contributed by atoms with Crippen molar-refractivity contribution in [2.24, 2.45) is 0 Å². The van der Waals surface area contributed by atoms with Gasteiger partial charge in [-0.1, -0.05) is 0 Å². The van der Waals surface area contributed by atoms with Crippen LogP contribution in [0.5, 0.6) is 0 Å². The predicted molar refractivity (Wildman–Crippen MR) is 51.2 cm³/mol. The van der Waals surface area contributed by atoms with Crippen molar-refractivity contribution < 1.29 is 0 Å². The third kappa shape index (κ3) is 0.865. The van der Waals surface area contributed by atoms with E-state index in [-0.39, 0.29) is 5.69 Å². The van der Waals surface area contributed by atoms with Gasteiger partial charge in [0.2, 0.25) is 0 Å². The summed E-state index contributed by atoms with van der Waals surface area (Å²) in [7, 11) is 0. The van der Waals surface area contributed by atoms with Gasteiger partial charge in [0.15, 0.2) is 5.65 Å². The molecule has 0 aliphatic carbocycles. The lowest BCUT2D eigenvalue weighted by molar-refractivity contribution is 0.605. The summed E-state index contributed by atoms with van der Waals surface area (Å²) < 4.78 is 1.73. The SMILES string of the molecule is Cc1nc2c3c(n1)[nH]c(=O)n3CCC2. The minimum absolute atomic E-state index is 0.0687. The van der Waals surface area contributed by atoms with Crippen LogP contribution < -0.4 is 5.69 Å². The molecule has 72 valence electrons. The highest BCUT2D eigenvalue weighted by molar-refractivity contribution is 5.74. The van der Waals surface area contributed by atoms with Crippen molar-refractivity contribution in [2.75, 3.05) is 0 Å². The summed E-state index contributed by atoms with van der Waals surface area (Å²) in [6, 6.07) is 0. The van der Waals surface area contributed by atoms with Gasteiger partial charge in [0.1, 0.15) is 11.3 Å². The number of nitrogens with zero attached hydrogens (tertiary/aromatic N) is 3. The van der Waals surface area contributed by atoms with Crippen LogP contribution in [-0.2, 0) is 13.0 Å². The van der Waals surface area contributed by atoms with Crippen molar-refractivity contribution in [3.05, 3.63) is 22.0 Å². The average Bonchev–Trinajstić information content (AvgIpc) is 2.45. The lowest BCUT2D eigenvalue weighted by Crippen LogP contribution is -2.20. The molecule has 0 unspecified atom stereocenters. The number of hydrogen-bond donors (Lipinski definition) is 1. The van der Waals surface area contributed by atoms with Crippen LogP contribution in [0.3, 0.4) is 0 Å². The van der Waals surface area contributed by atoms with Gasteiger partial charge in [-0.25, -0.2) is 14.8 Å². The zero-order chi connectivity index (χ0) is 9.71. The summed E-state index contributed by atoms with van der Waals surface area (Å²) in [6.07, 6.45) is 1.92. The highest BCUT2D eigenvalue weighted by Crippen LogP contribution is 2.19. The fourth-order valence-corrected chi connectivity index (χ4v) is 2.06. The monoisotopic (exact) mass is 190 g/mol. The van der Waals surface area contributed by atoms with Crippen LogP contribution in [-0.4, -0.2) is 19.5 Å². The Hall–Kier alpha value is -1.65. The fraction of sp³-hybridized carbons (Fsp3) is 0.444. The molecule has 1 aliphatic heterocycles. The molecule has 3 heterocycles. The van der Waals surface area contributed by atoms with Crippen LogP contribution in [0.4, 0.5) is 0 Å². The molecule has 0 saturated carbocycles. The second-order valence-electron chi connectivity index (χ2n) is 3.60. The Bertz CT molecular complexity index is 566. The first kappa shape index (κ1) is 7.73. The predicted octanol–water partition coefficient (Wildman–Crippen LogP) is 0.374. The van der Waals surface area contributed by atoms with Crippen LogP contribution in [0.15, 0.2) is 4.79 Å². The van der Waals surface area contributed by atoms with Crippen molar-refractivity contribution in [2.45, 2.75) is 26.3 Å². The quantitative estimate of drug-likeness (QED) is 0.653. The minimum Gasteiger partial charge on any atom is -0.290 e. The molecule has 5 heteroatoms. The molecular weight excluding hydrogens is 180 g/mol. The Morgan fingerprint density at radius 2 is 2.29 bits per heavy atom. The Balaban J connectivity index is 2.55. The van der Waals surface area contributed by atoms with Gasteiger partial charge in [0.25, 0.3) is 0 Å². The molecule has 0 aromatic carbocycles. The molecule has 2 aromatic heterocycles. The molecule has 14 heavy (non-hydrogen) atoms. The first-order valence-electron chi connectivity index (χ1n) is 4.72. The largest absolute Gasteiger partial charge is 0.327 e. The number of aromatic nitrogens is 4. The summed E-state index contributed by atoms with van der Waals surface area (Å²) in [5.74, 6) is 0.725. The van der Waals surface area contributed by atoms with E-state index in [0.29, 0.717) is 5.65 Å². The molecule has 1 aliphatic rings. The number of imidazole rings is 1. The van der Waals surface area contributed by atoms with E-state index < -0.39 is 0 Å². The molecule has 2 aromatic rings. The number of hydrogen-bond acceptors (Lipinski definition) is 3. The number of aryl methyl sites for hydroxylation is 3. The van der Waals surface area contributed by atoms with Crippen molar-refractivity contribution >= 4 is 11.2 Å². The smallest absolute Gasteiger partial charge is 0.290 e. The van der Waals surface area contributed by atoms with Crippen molar-refractivity contribution in [1.82, 2.24) is 19.5 Å². The van der Waals surface area contributed by atoms with Crippen LogP contribution in [0, 0.1) is 6.92 Å². The van der Waals surface area contributed by atoms with E-state index in [2.05, 4.69) is 15.0 Å². The van der Waals surface area contributed by atoms with E-state index in [1.807, 2.05) is 6.92 Å².